The first-order valence-corrected chi connectivity index (χ1v) is 12.4. The fraction of sp³-hybridized carbons (Fsp3) is 0.920. The Morgan fingerprint density at radius 2 is 1.28 bits per heavy atom. The zero-order valence-corrected chi connectivity index (χ0v) is 19.3. The van der Waals surface area contributed by atoms with Crippen LogP contribution in [0.1, 0.15) is 124 Å². The maximum atomic E-state index is 12.6. The van der Waals surface area contributed by atoms with Gasteiger partial charge in [-0.25, -0.2) is 0 Å². The van der Waals surface area contributed by atoms with E-state index in [0.29, 0.717) is 25.7 Å². The Morgan fingerprint density at radius 3 is 1.79 bits per heavy atom. The van der Waals surface area contributed by atoms with Gasteiger partial charge in [-0.15, -0.1) is 0 Å². The van der Waals surface area contributed by atoms with Crippen molar-refractivity contribution in [2.75, 3.05) is 0 Å². The Kier molecular flexibility index (Phi) is 14.1. The molecule has 29 heavy (non-hydrogen) atoms. The van der Waals surface area contributed by atoms with Crippen LogP contribution in [-0.2, 0) is 14.3 Å². The topological polar surface area (TPSA) is 63.6 Å². The summed E-state index contributed by atoms with van der Waals surface area (Å²) in [5.74, 6) is -0.378. The molecule has 1 rings (SSSR count). The highest BCUT2D eigenvalue weighted by Crippen LogP contribution is 2.30. The number of carboxylic acid groups (broad SMARTS) is 1. The number of esters is 1. The zero-order valence-electron chi connectivity index (χ0n) is 19.3. The van der Waals surface area contributed by atoms with Crippen molar-refractivity contribution in [3.05, 3.63) is 0 Å². The van der Waals surface area contributed by atoms with Crippen molar-refractivity contribution in [3.8, 4) is 0 Å². The van der Waals surface area contributed by atoms with Gasteiger partial charge in [-0.1, -0.05) is 72.1 Å². The van der Waals surface area contributed by atoms with Gasteiger partial charge in [-0.3, -0.25) is 9.59 Å². The number of hydrogen-bond donors (Lipinski definition) is 1. The molecule has 0 spiro atoms. The van der Waals surface area contributed by atoms with Crippen LogP contribution in [-0.4, -0.2) is 23.1 Å². The summed E-state index contributed by atoms with van der Waals surface area (Å²) in [5, 5.41) is 9.13. The lowest BCUT2D eigenvalue weighted by atomic mass is 9.82. The molecular weight excluding hydrogens is 364 g/mol. The maximum Gasteiger partial charge on any atom is 0.309 e. The van der Waals surface area contributed by atoms with E-state index in [1.54, 1.807) is 0 Å². The molecule has 0 amide bonds. The van der Waals surface area contributed by atoms with Crippen LogP contribution in [0.25, 0.3) is 0 Å². The molecule has 1 fully saturated rings. The van der Waals surface area contributed by atoms with Crippen molar-refractivity contribution in [2.45, 2.75) is 130 Å². The molecule has 1 saturated carbocycles. The Balaban J connectivity index is 2.33. The van der Waals surface area contributed by atoms with Gasteiger partial charge >= 0.3 is 11.9 Å². The Hall–Kier alpha value is -1.06. The summed E-state index contributed by atoms with van der Waals surface area (Å²) in [5.41, 5.74) is 0. The van der Waals surface area contributed by atoms with E-state index in [1.165, 1.54) is 51.4 Å². The lowest BCUT2D eigenvalue weighted by molar-refractivity contribution is -0.158. The van der Waals surface area contributed by atoms with Crippen LogP contribution in [0.5, 0.6) is 0 Å². The molecule has 0 aromatic rings. The summed E-state index contributed by atoms with van der Waals surface area (Å²) in [4.78, 5) is 23.8. The average molecular weight is 411 g/mol. The van der Waals surface area contributed by atoms with Crippen LogP contribution in [0.15, 0.2) is 0 Å². The number of aliphatic carboxylic acids is 1. The van der Waals surface area contributed by atoms with Crippen LogP contribution in [0.2, 0.25) is 0 Å². The number of rotatable bonds is 16. The molecule has 1 aliphatic rings. The molecule has 0 bridgehead atoms. The minimum absolute atomic E-state index is 0.0483. The van der Waals surface area contributed by atoms with Gasteiger partial charge in [0.2, 0.25) is 0 Å². The smallest absolute Gasteiger partial charge is 0.309 e. The molecule has 0 aromatic carbocycles. The van der Waals surface area contributed by atoms with Crippen molar-refractivity contribution in [2.24, 2.45) is 17.8 Å². The summed E-state index contributed by atoms with van der Waals surface area (Å²) in [7, 11) is 0. The largest absolute Gasteiger partial charge is 0.481 e. The molecule has 1 N–H and O–H groups in total. The Labute approximate surface area is 179 Å². The Bertz CT molecular complexity index is 438. The fourth-order valence-corrected chi connectivity index (χ4v) is 4.35. The normalized spacial score (nSPS) is 20.6. The van der Waals surface area contributed by atoms with E-state index >= 15 is 0 Å². The molecule has 1 atom stereocenters. The second kappa shape index (κ2) is 15.7. The molecule has 4 nitrogen and oxygen atoms in total. The van der Waals surface area contributed by atoms with Crippen LogP contribution in [0.3, 0.4) is 0 Å². The molecule has 4 heteroatoms. The first-order valence-electron chi connectivity index (χ1n) is 12.4. The third-order valence-corrected chi connectivity index (χ3v) is 6.38. The van der Waals surface area contributed by atoms with Crippen molar-refractivity contribution < 1.29 is 19.4 Å². The summed E-state index contributed by atoms with van der Waals surface area (Å²) in [6, 6.07) is 0. The van der Waals surface area contributed by atoms with Crippen LogP contribution >= 0.6 is 0 Å². The van der Waals surface area contributed by atoms with Gasteiger partial charge in [0.15, 0.2) is 0 Å². The highest BCUT2D eigenvalue weighted by molar-refractivity contribution is 5.74. The predicted molar refractivity (Wildman–Crippen MR) is 119 cm³/mol. The quantitative estimate of drug-likeness (QED) is 0.217. The molecule has 1 aliphatic carbocycles. The van der Waals surface area contributed by atoms with E-state index in [2.05, 4.69) is 20.8 Å². The third-order valence-electron chi connectivity index (χ3n) is 6.38. The van der Waals surface area contributed by atoms with E-state index in [9.17, 15) is 9.59 Å². The Morgan fingerprint density at radius 1 is 0.793 bits per heavy atom. The van der Waals surface area contributed by atoms with Gasteiger partial charge in [0, 0.05) is 0 Å². The second-order valence-electron chi connectivity index (χ2n) is 9.53. The number of carbonyl (C=O) groups is 2. The maximum absolute atomic E-state index is 12.6. The van der Waals surface area contributed by atoms with Gasteiger partial charge in [-0.05, 0) is 57.3 Å². The molecule has 170 valence electrons. The van der Waals surface area contributed by atoms with Gasteiger partial charge in [0.05, 0.1) is 11.8 Å². The third kappa shape index (κ3) is 12.3. The highest BCUT2D eigenvalue weighted by Gasteiger charge is 2.31. The highest BCUT2D eigenvalue weighted by atomic mass is 16.5. The SMILES string of the molecule is CCCCCCC(CCCCCCCC(C)C)OC(=O)C1CCC(C(=O)O)CC1. The van der Waals surface area contributed by atoms with Crippen molar-refractivity contribution in [3.63, 3.8) is 0 Å². The van der Waals surface area contributed by atoms with Gasteiger partial charge in [0.1, 0.15) is 6.10 Å². The standard InChI is InChI=1S/C25H46O4/c1-4-5-6-11-14-23(15-12-9-7-8-10-13-20(2)3)29-25(28)22-18-16-21(17-19-22)24(26)27/h20-23H,4-19H2,1-3H3,(H,26,27). The molecule has 0 heterocycles. The van der Waals surface area contributed by atoms with Crippen LogP contribution < -0.4 is 0 Å². The summed E-state index contributed by atoms with van der Waals surface area (Å²) in [6.07, 6.45) is 16.9. The summed E-state index contributed by atoms with van der Waals surface area (Å²) in [6.45, 7) is 6.78. The first-order chi connectivity index (χ1) is 13.9. The second-order valence-corrected chi connectivity index (χ2v) is 9.53. The number of hydrogen-bond acceptors (Lipinski definition) is 3. The minimum atomic E-state index is -0.723. The summed E-state index contributed by atoms with van der Waals surface area (Å²) >= 11 is 0. The van der Waals surface area contributed by atoms with Gasteiger partial charge in [0.25, 0.3) is 0 Å². The van der Waals surface area contributed by atoms with E-state index in [1.807, 2.05) is 0 Å². The van der Waals surface area contributed by atoms with E-state index in [-0.39, 0.29) is 23.9 Å². The fourth-order valence-electron chi connectivity index (χ4n) is 4.35. The van der Waals surface area contributed by atoms with Gasteiger partial charge in [-0.2, -0.15) is 0 Å². The zero-order chi connectivity index (χ0) is 21.5. The van der Waals surface area contributed by atoms with Crippen molar-refractivity contribution in [1.29, 1.82) is 0 Å². The molecule has 1 unspecified atom stereocenters. The summed E-state index contributed by atoms with van der Waals surface area (Å²) < 4.78 is 5.94. The monoisotopic (exact) mass is 410 g/mol. The number of unbranched alkanes of at least 4 members (excludes halogenated alkanes) is 7. The van der Waals surface area contributed by atoms with Crippen LogP contribution in [0.4, 0.5) is 0 Å². The lowest BCUT2D eigenvalue weighted by Gasteiger charge is -2.27. The van der Waals surface area contributed by atoms with E-state index < -0.39 is 5.97 Å². The predicted octanol–water partition coefficient (Wildman–Crippen LogP) is 7.15. The average Bonchev–Trinajstić information content (AvgIpc) is 2.69. The number of carbonyl (C=O) groups excluding carboxylic acids is 1. The number of carboxylic acids is 1. The molecular formula is C25H46O4. The number of ether oxygens (including phenoxy) is 1. The molecule has 0 radical (unpaired) electrons. The molecule has 0 saturated heterocycles. The van der Waals surface area contributed by atoms with Crippen molar-refractivity contribution in [1.82, 2.24) is 0 Å². The molecule has 0 aromatic heterocycles. The van der Waals surface area contributed by atoms with E-state index in [4.69, 9.17) is 9.84 Å². The molecule has 0 aliphatic heterocycles. The lowest BCUT2D eigenvalue weighted by Crippen LogP contribution is -2.29. The van der Waals surface area contributed by atoms with E-state index in [0.717, 1.165) is 31.6 Å². The van der Waals surface area contributed by atoms with Crippen LogP contribution in [0, 0.1) is 17.8 Å². The van der Waals surface area contributed by atoms with Gasteiger partial charge < -0.3 is 9.84 Å². The minimum Gasteiger partial charge on any atom is -0.481 e. The van der Waals surface area contributed by atoms with Crippen molar-refractivity contribution >= 4 is 11.9 Å². The first kappa shape index (κ1) is 26.0.